The van der Waals surface area contributed by atoms with Gasteiger partial charge in [-0.25, -0.2) is 0 Å². The van der Waals surface area contributed by atoms with Crippen LogP contribution in [0.3, 0.4) is 0 Å². The highest BCUT2D eigenvalue weighted by atomic mass is 16.5. The van der Waals surface area contributed by atoms with Crippen LogP contribution in [0.25, 0.3) is 0 Å². The van der Waals surface area contributed by atoms with E-state index in [1.54, 1.807) is 17.0 Å². The Morgan fingerprint density at radius 1 is 1.06 bits per heavy atom. The Hall–Kier alpha value is -3.00. The molecule has 1 saturated carbocycles. The number of ether oxygens (including phenoxy) is 1. The van der Waals surface area contributed by atoms with Crippen molar-refractivity contribution in [3.05, 3.63) is 63.8 Å². The van der Waals surface area contributed by atoms with Gasteiger partial charge >= 0.3 is 0 Å². The third kappa shape index (κ3) is 7.53. The second-order valence-corrected chi connectivity index (χ2v) is 8.49. The van der Waals surface area contributed by atoms with Crippen LogP contribution in [0, 0.1) is 0 Å². The summed E-state index contributed by atoms with van der Waals surface area (Å²) in [4.78, 5) is 43.2. The molecule has 3 rings (SSSR count). The number of carbonyl (C=O) groups is 2. The molecule has 2 aromatic heterocycles. The number of methoxy groups -OCH3 is 1. The number of nitrogens with one attached hydrogen (secondary N) is 2. The topological polar surface area (TPSA) is 102 Å². The number of pyridine rings is 2. The highest BCUT2D eigenvalue weighted by molar-refractivity contribution is 5.99. The van der Waals surface area contributed by atoms with Crippen molar-refractivity contribution in [1.82, 2.24) is 20.2 Å². The molecule has 0 aromatic carbocycles. The number of aromatic nitrogens is 2. The van der Waals surface area contributed by atoms with Gasteiger partial charge in [0.05, 0.1) is 6.61 Å². The molecule has 8 nitrogen and oxygen atoms in total. The fourth-order valence-electron chi connectivity index (χ4n) is 4.10. The number of hydrogen-bond acceptors (Lipinski definition) is 5. The quantitative estimate of drug-likeness (QED) is 0.567. The predicted molar refractivity (Wildman–Crippen MR) is 126 cm³/mol. The average Bonchev–Trinajstić information content (AvgIpc) is 2.80. The highest BCUT2D eigenvalue weighted by Crippen LogP contribution is 2.17. The standard InChI is InChI=1S/C25H34N4O4/c1-33-16-14-27-24(31)21-17-29(15-12-19-9-7-8-13-26-19)18-22(23(21)30)25(32)28-20-10-5-3-2-4-6-11-20/h7-9,13,17-18,20H,2-6,10-12,14-16H2,1H3,(H,27,31)(H,28,32). The average molecular weight is 455 g/mol. The van der Waals surface area contributed by atoms with E-state index in [1.807, 2.05) is 18.2 Å². The molecular weight excluding hydrogens is 420 g/mol. The van der Waals surface area contributed by atoms with Gasteiger partial charge < -0.3 is 19.9 Å². The minimum Gasteiger partial charge on any atom is -0.383 e. The Kier molecular flexibility index (Phi) is 9.62. The van der Waals surface area contributed by atoms with Gasteiger partial charge in [0.1, 0.15) is 11.1 Å². The van der Waals surface area contributed by atoms with Gasteiger partial charge in [-0.1, -0.05) is 38.2 Å². The first-order valence-corrected chi connectivity index (χ1v) is 11.8. The van der Waals surface area contributed by atoms with E-state index >= 15 is 0 Å². The first-order valence-electron chi connectivity index (χ1n) is 11.8. The molecule has 0 radical (unpaired) electrons. The number of hydrogen-bond donors (Lipinski definition) is 2. The highest BCUT2D eigenvalue weighted by Gasteiger charge is 2.22. The molecule has 0 atom stereocenters. The normalized spacial score (nSPS) is 14.8. The van der Waals surface area contributed by atoms with Crippen LogP contribution in [0.1, 0.15) is 71.4 Å². The molecular formula is C25H34N4O4. The minimum atomic E-state index is -0.553. The van der Waals surface area contributed by atoms with Crippen molar-refractivity contribution in [3.8, 4) is 0 Å². The summed E-state index contributed by atoms with van der Waals surface area (Å²) in [7, 11) is 1.54. The van der Waals surface area contributed by atoms with Gasteiger partial charge in [-0.15, -0.1) is 0 Å². The number of amides is 2. The fourth-order valence-corrected chi connectivity index (χ4v) is 4.10. The van der Waals surface area contributed by atoms with E-state index in [1.165, 1.54) is 32.6 Å². The van der Waals surface area contributed by atoms with Gasteiger partial charge in [-0.05, 0) is 25.0 Å². The molecule has 178 valence electrons. The zero-order valence-corrected chi connectivity index (χ0v) is 19.3. The molecule has 2 amide bonds. The van der Waals surface area contributed by atoms with Gasteiger partial charge in [0.25, 0.3) is 11.8 Å². The summed E-state index contributed by atoms with van der Waals surface area (Å²) < 4.78 is 6.70. The van der Waals surface area contributed by atoms with Crippen LogP contribution < -0.4 is 16.1 Å². The summed E-state index contributed by atoms with van der Waals surface area (Å²) in [5, 5.41) is 5.73. The van der Waals surface area contributed by atoms with E-state index in [-0.39, 0.29) is 23.7 Å². The summed E-state index contributed by atoms with van der Waals surface area (Å²) in [6.07, 6.45) is 12.9. The Morgan fingerprint density at radius 2 is 1.76 bits per heavy atom. The monoisotopic (exact) mass is 454 g/mol. The molecule has 2 N–H and O–H groups in total. The van der Waals surface area contributed by atoms with E-state index in [9.17, 15) is 14.4 Å². The summed E-state index contributed by atoms with van der Waals surface area (Å²) in [5.41, 5.74) is 0.292. The Morgan fingerprint density at radius 3 is 2.42 bits per heavy atom. The van der Waals surface area contributed by atoms with Crippen molar-refractivity contribution in [1.29, 1.82) is 0 Å². The van der Waals surface area contributed by atoms with E-state index in [4.69, 9.17) is 4.74 Å². The van der Waals surface area contributed by atoms with E-state index in [2.05, 4.69) is 15.6 Å². The fraction of sp³-hybridized carbons (Fsp3) is 0.520. The first-order chi connectivity index (χ1) is 16.1. The van der Waals surface area contributed by atoms with Crippen LogP contribution in [-0.2, 0) is 17.7 Å². The molecule has 2 aromatic rings. The number of aryl methyl sites for hydroxylation is 2. The molecule has 0 unspecified atom stereocenters. The summed E-state index contributed by atoms with van der Waals surface area (Å²) >= 11 is 0. The lowest BCUT2D eigenvalue weighted by atomic mass is 9.96. The van der Waals surface area contributed by atoms with Gasteiger partial charge in [0.2, 0.25) is 5.43 Å². The second kappa shape index (κ2) is 12.9. The molecule has 33 heavy (non-hydrogen) atoms. The third-order valence-corrected chi connectivity index (χ3v) is 5.95. The Labute approximate surface area is 194 Å². The summed E-state index contributed by atoms with van der Waals surface area (Å²) in [5.74, 6) is -0.923. The molecule has 2 heterocycles. The molecule has 8 heteroatoms. The van der Waals surface area contributed by atoms with Crippen LogP contribution in [0.2, 0.25) is 0 Å². The number of carbonyl (C=O) groups excluding carboxylic acids is 2. The first kappa shape index (κ1) is 24.6. The molecule has 1 aliphatic carbocycles. The van der Waals surface area contributed by atoms with Crippen molar-refractivity contribution in [2.24, 2.45) is 0 Å². The largest absolute Gasteiger partial charge is 0.383 e. The lowest BCUT2D eigenvalue weighted by molar-refractivity contribution is 0.0928. The predicted octanol–water partition coefficient (Wildman–Crippen LogP) is 2.70. The number of nitrogens with zero attached hydrogens (tertiary/aromatic N) is 2. The molecule has 0 bridgehead atoms. The van der Waals surface area contributed by atoms with Gasteiger partial charge in [0.15, 0.2) is 0 Å². The van der Waals surface area contributed by atoms with E-state index < -0.39 is 17.2 Å². The van der Waals surface area contributed by atoms with Crippen molar-refractivity contribution in [2.45, 2.75) is 64.0 Å². The van der Waals surface area contributed by atoms with Crippen molar-refractivity contribution < 1.29 is 14.3 Å². The van der Waals surface area contributed by atoms with E-state index in [0.717, 1.165) is 31.4 Å². The molecule has 1 aliphatic rings. The zero-order chi connectivity index (χ0) is 23.5. The number of rotatable bonds is 9. The third-order valence-electron chi connectivity index (χ3n) is 5.95. The summed E-state index contributed by atoms with van der Waals surface area (Å²) in [6.45, 7) is 1.10. The Balaban J connectivity index is 1.82. The summed E-state index contributed by atoms with van der Waals surface area (Å²) in [6, 6.07) is 5.74. The second-order valence-electron chi connectivity index (χ2n) is 8.49. The van der Waals surface area contributed by atoms with Gasteiger partial charge in [0, 0.05) is 56.9 Å². The van der Waals surface area contributed by atoms with Crippen LogP contribution in [-0.4, -0.2) is 47.7 Å². The lowest BCUT2D eigenvalue weighted by Gasteiger charge is -2.21. The SMILES string of the molecule is COCCNC(=O)c1cn(CCc2ccccn2)cc(C(=O)NC2CCCCCCC2)c1=O. The van der Waals surface area contributed by atoms with Crippen LogP contribution in [0.4, 0.5) is 0 Å². The van der Waals surface area contributed by atoms with Crippen LogP contribution in [0.15, 0.2) is 41.6 Å². The molecule has 0 aliphatic heterocycles. The van der Waals surface area contributed by atoms with Crippen LogP contribution in [0.5, 0.6) is 0 Å². The molecule has 0 spiro atoms. The van der Waals surface area contributed by atoms with E-state index in [0.29, 0.717) is 19.6 Å². The smallest absolute Gasteiger partial charge is 0.256 e. The zero-order valence-electron chi connectivity index (χ0n) is 19.3. The Bertz CT molecular complexity index is 966. The minimum absolute atomic E-state index is 0.00234. The van der Waals surface area contributed by atoms with Gasteiger partial charge in [-0.3, -0.25) is 19.4 Å². The maximum atomic E-state index is 13.1. The van der Waals surface area contributed by atoms with Crippen molar-refractivity contribution in [3.63, 3.8) is 0 Å². The maximum Gasteiger partial charge on any atom is 0.256 e. The molecule has 0 saturated heterocycles. The van der Waals surface area contributed by atoms with Crippen LogP contribution >= 0.6 is 0 Å². The van der Waals surface area contributed by atoms with Crippen molar-refractivity contribution in [2.75, 3.05) is 20.3 Å². The molecule has 1 fully saturated rings. The van der Waals surface area contributed by atoms with Crippen molar-refractivity contribution >= 4 is 11.8 Å². The maximum absolute atomic E-state index is 13.1. The van der Waals surface area contributed by atoms with Gasteiger partial charge in [-0.2, -0.15) is 0 Å². The lowest BCUT2D eigenvalue weighted by Crippen LogP contribution is -2.40.